The molecular formula is C15H22N2O3S. The number of rotatable bonds is 3. The van der Waals surface area contributed by atoms with Crippen LogP contribution in [-0.4, -0.2) is 31.7 Å². The van der Waals surface area contributed by atoms with Crippen molar-refractivity contribution in [2.24, 2.45) is 5.92 Å². The fraction of sp³-hybridized carbons (Fsp3) is 0.533. The molecule has 2 rings (SSSR count). The predicted octanol–water partition coefficient (Wildman–Crippen LogP) is 2.46. The van der Waals surface area contributed by atoms with Crippen molar-refractivity contribution in [3.63, 3.8) is 0 Å². The summed E-state index contributed by atoms with van der Waals surface area (Å²) in [4.78, 5) is 11.3. The average Bonchev–Trinajstić information content (AvgIpc) is 2.64. The van der Waals surface area contributed by atoms with Crippen LogP contribution in [0.3, 0.4) is 0 Å². The van der Waals surface area contributed by atoms with Crippen LogP contribution in [0.5, 0.6) is 0 Å². The molecule has 1 atom stereocenters. The summed E-state index contributed by atoms with van der Waals surface area (Å²) in [5, 5.41) is 2.63. The monoisotopic (exact) mass is 310 g/mol. The van der Waals surface area contributed by atoms with E-state index in [4.69, 9.17) is 0 Å². The summed E-state index contributed by atoms with van der Waals surface area (Å²) >= 11 is 0. The summed E-state index contributed by atoms with van der Waals surface area (Å²) < 4.78 is 26.8. The SMILES string of the molecule is CC(=O)Nc1ccc(S(=O)(=O)N2CCCC(C)CC2)cc1. The molecule has 0 radical (unpaired) electrons. The second-order valence-corrected chi connectivity index (χ2v) is 7.58. The van der Waals surface area contributed by atoms with Crippen molar-refractivity contribution < 1.29 is 13.2 Å². The minimum Gasteiger partial charge on any atom is -0.326 e. The third-order valence-corrected chi connectivity index (χ3v) is 5.70. The maximum atomic E-state index is 12.6. The minimum absolute atomic E-state index is 0.174. The molecule has 0 aromatic heterocycles. The van der Waals surface area contributed by atoms with Crippen LogP contribution in [0.4, 0.5) is 5.69 Å². The Hall–Kier alpha value is -1.40. The van der Waals surface area contributed by atoms with Crippen LogP contribution >= 0.6 is 0 Å². The first-order valence-corrected chi connectivity index (χ1v) is 8.71. The number of carbonyl (C=O) groups is 1. The summed E-state index contributed by atoms with van der Waals surface area (Å²) in [6.07, 6.45) is 2.89. The number of amides is 1. The van der Waals surface area contributed by atoms with Crippen molar-refractivity contribution in [3.05, 3.63) is 24.3 Å². The van der Waals surface area contributed by atoms with Gasteiger partial charge in [-0.05, 0) is 49.4 Å². The molecule has 1 amide bonds. The number of hydrogen-bond acceptors (Lipinski definition) is 3. The van der Waals surface area contributed by atoms with Crippen LogP contribution in [0.1, 0.15) is 33.1 Å². The average molecular weight is 310 g/mol. The molecule has 0 spiro atoms. The fourth-order valence-corrected chi connectivity index (χ4v) is 4.03. The van der Waals surface area contributed by atoms with Gasteiger partial charge in [0.25, 0.3) is 0 Å². The fourth-order valence-electron chi connectivity index (χ4n) is 2.54. The molecule has 1 aliphatic heterocycles. The third-order valence-electron chi connectivity index (χ3n) is 3.79. The molecule has 1 aromatic rings. The second kappa shape index (κ2) is 6.58. The third kappa shape index (κ3) is 4.04. The molecule has 1 aromatic carbocycles. The van der Waals surface area contributed by atoms with E-state index < -0.39 is 10.0 Å². The van der Waals surface area contributed by atoms with Gasteiger partial charge in [0.05, 0.1) is 4.90 Å². The van der Waals surface area contributed by atoms with Gasteiger partial charge in [0.15, 0.2) is 0 Å². The molecule has 116 valence electrons. The number of nitrogens with one attached hydrogen (secondary N) is 1. The van der Waals surface area contributed by atoms with Gasteiger partial charge in [-0.15, -0.1) is 0 Å². The maximum absolute atomic E-state index is 12.6. The van der Waals surface area contributed by atoms with E-state index in [0.717, 1.165) is 19.3 Å². The molecule has 1 aliphatic rings. The topological polar surface area (TPSA) is 66.5 Å². The number of carbonyl (C=O) groups excluding carboxylic acids is 1. The normalized spacial score (nSPS) is 20.8. The van der Waals surface area contributed by atoms with Gasteiger partial charge in [0.2, 0.25) is 15.9 Å². The van der Waals surface area contributed by atoms with Crippen molar-refractivity contribution in [2.45, 2.75) is 38.0 Å². The van der Waals surface area contributed by atoms with Crippen molar-refractivity contribution in [3.8, 4) is 0 Å². The van der Waals surface area contributed by atoms with E-state index in [0.29, 0.717) is 24.7 Å². The first-order chi connectivity index (χ1) is 9.89. The summed E-state index contributed by atoms with van der Waals surface area (Å²) in [6, 6.07) is 6.34. The van der Waals surface area contributed by atoms with E-state index in [1.807, 2.05) is 0 Å². The molecule has 21 heavy (non-hydrogen) atoms. The van der Waals surface area contributed by atoms with Crippen LogP contribution in [0.15, 0.2) is 29.2 Å². The molecule has 0 bridgehead atoms. The molecule has 6 heteroatoms. The highest BCUT2D eigenvalue weighted by molar-refractivity contribution is 7.89. The van der Waals surface area contributed by atoms with Gasteiger partial charge in [0.1, 0.15) is 0 Å². The van der Waals surface area contributed by atoms with Gasteiger partial charge in [-0.1, -0.05) is 6.92 Å². The van der Waals surface area contributed by atoms with Gasteiger partial charge < -0.3 is 5.32 Å². The quantitative estimate of drug-likeness (QED) is 0.932. The molecule has 0 saturated carbocycles. The lowest BCUT2D eigenvalue weighted by atomic mass is 10.0. The van der Waals surface area contributed by atoms with Gasteiger partial charge in [-0.3, -0.25) is 4.79 Å². The Morgan fingerprint density at radius 1 is 1.19 bits per heavy atom. The van der Waals surface area contributed by atoms with E-state index in [9.17, 15) is 13.2 Å². The lowest BCUT2D eigenvalue weighted by Crippen LogP contribution is -2.32. The smallest absolute Gasteiger partial charge is 0.243 e. The van der Waals surface area contributed by atoms with Crippen molar-refractivity contribution in [1.29, 1.82) is 0 Å². The van der Waals surface area contributed by atoms with Crippen LogP contribution in [0.2, 0.25) is 0 Å². The summed E-state index contributed by atoms with van der Waals surface area (Å²) in [7, 11) is -3.43. The van der Waals surface area contributed by atoms with Gasteiger partial charge >= 0.3 is 0 Å². The minimum atomic E-state index is -3.43. The van der Waals surface area contributed by atoms with Crippen molar-refractivity contribution in [1.82, 2.24) is 4.31 Å². The first-order valence-electron chi connectivity index (χ1n) is 7.27. The van der Waals surface area contributed by atoms with Crippen LogP contribution < -0.4 is 5.32 Å². The molecule has 1 N–H and O–H groups in total. The molecule has 1 heterocycles. The van der Waals surface area contributed by atoms with E-state index >= 15 is 0 Å². The zero-order chi connectivity index (χ0) is 15.5. The molecule has 0 aliphatic carbocycles. The zero-order valence-electron chi connectivity index (χ0n) is 12.5. The Kier molecular flexibility index (Phi) is 5.00. The van der Waals surface area contributed by atoms with E-state index in [1.165, 1.54) is 6.92 Å². The lowest BCUT2D eigenvalue weighted by Gasteiger charge is -2.20. The van der Waals surface area contributed by atoms with Crippen LogP contribution in [0.25, 0.3) is 0 Å². The van der Waals surface area contributed by atoms with Gasteiger partial charge in [0, 0.05) is 25.7 Å². The zero-order valence-corrected chi connectivity index (χ0v) is 13.3. The van der Waals surface area contributed by atoms with E-state index in [1.54, 1.807) is 28.6 Å². The van der Waals surface area contributed by atoms with E-state index in [2.05, 4.69) is 12.2 Å². The van der Waals surface area contributed by atoms with Crippen LogP contribution in [0, 0.1) is 5.92 Å². The first kappa shape index (κ1) is 16.0. The molecule has 1 fully saturated rings. The number of hydrogen-bond donors (Lipinski definition) is 1. The Labute approximate surface area is 126 Å². The summed E-state index contributed by atoms with van der Waals surface area (Å²) in [5.74, 6) is 0.402. The molecular weight excluding hydrogens is 288 g/mol. The Morgan fingerprint density at radius 2 is 1.86 bits per heavy atom. The number of benzene rings is 1. The summed E-state index contributed by atoms with van der Waals surface area (Å²) in [5.41, 5.74) is 0.603. The highest BCUT2D eigenvalue weighted by Crippen LogP contribution is 2.23. The lowest BCUT2D eigenvalue weighted by molar-refractivity contribution is -0.114. The van der Waals surface area contributed by atoms with Gasteiger partial charge in [-0.2, -0.15) is 4.31 Å². The Bertz CT molecular complexity index is 596. The predicted molar refractivity (Wildman–Crippen MR) is 82.5 cm³/mol. The number of anilines is 1. The number of sulfonamides is 1. The molecule has 1 saturated heterocycles. The van der Waals surface area contributed by atoms with Crippen molar-refractivity contribution >= 4 is 21.6 Å². The van der Waals surface area contributed by atoms with Crippen LogP contribution in [-0.2, 0) is 14.8 Å². The standard InChI is InChI=1S/C15H22N2O3S/c1-12-4-3-10-17(11-9-12)21(19,20)15-7-5-14(6-8-15)16-13(2)18/h5-8,12H,3-4,9-11H2,1-2H3,(H,16,18). The molecule has 1 unspecified atom stereocenters. The molecule has 5 nitrogen and oxygen atoms in total. The summed E-state index contributed by atoms with van der Waals surface area (Å²) in [6.45, 7) is 4.75. The highest BCUT2D eigenvalue weighted by atomic mass is 32.2. The highest BCUT2D eigenvalue weighted by Gasteiger charge is 2.26. The maximum Gasteiger partial charge on any atom is 0.243 e. The Balaban J connectivity index is 2.16. The van der Waals surface area contributed by atoms with E-state index in [-0.39, 0.29) is 10.8 Å². The second-order valence-electron chi connectivity index (χ2n) is 5.65. The Morgan fingerprint density at radius 3 is 2.48 bits per heavy atom. The van der Waals surface area contributed by atoms with Crippen molar-refractivity contribution in [2.75, 3.05) is 18.4 Å². The largest absolute Gasteiger partial charge is 0.326 e. The number of nitrogens with zero attached hydrogens (tertiary/aromatic N) is 1. The van der Waals surface area contributed by atoms with Gasteiger partial charge in [-0.25, -0.2) is 8.42 Å².